The lowest BCUT2D eigenvalue weighted by Crippen LogP contribution is -2.01. The predicted octanol–water partition coefficient (Wildman–Crippen LogP) is 6.20. The zero-order chi connectivity index (χ0) is 21.9. The molecule has 1 heterocycles. The van der Waals surface area contributed by atoms with Crippen LogP contribution in [0.2, 0.25) is 0 Å². The fraction of sp³-hybridized carbons (Fsp3) is 0.385. The third kappa shape index (κ3) is 6.99. The average Bonchev–Trinajstić information content (AvgIpc) is 3.31. The molecule has 0 amide bonds. The van der Waals surface area contributed by atoms with Gasteiger partial charge < -0.3 is 14.5 Å². The molecule has 0 fully saturated rings. The Kier molecular flexibility index (Phi) is 8.71. The number of hydrogen-bond donors (Lipinski definition) is 1. The van der Waals surface area contributed by atoms with Crippen molar-refractivity contribution in [2.24, 2.45) is 0 Å². The first kappa shape index (κ1) is 22.6. The Hall–Kier alpha value is -3.08. The minimum absolute atomic E-state index is 0.192. The van der Waals surface area contributed by atoms with Crippen LogP contribution in [-0.2, 0) is 16.0 Å². The van der Waals surface area contributed by atoms with Crippen molar-refractivity contribution < 1.29 is 14.3 Å². The third-order valence-electron chi connectivity index (χ3n) is 5.33. The fourth-order valence-corrected chi connectivity index (χ4v) is 3.42. The Morgan fingerprint density at radius 3 is 2.35 bits per heavy atom. The van der Waals surface area contributed by atoms with Gasteiger partial charge in [-0.1, -0.05) is 56.9 Å². The van der Waals surface area contributed by atoms with Crippen molar-refractivity contribution in [1.82, 2.24) is 9.97 Å². The number of aryl methyl sites for hydroxylation is 1. The molecule has 0 unspecified atom stereocenters. The number of carbonyl (C=O) groups is 1. The summed E-state index contributed by atoms with van der Waals surface area (Å²) in [5.74, 6) is 1.53. The number of carbonyl (C=O) groups excluding carboxylic acids is 1. The minimum atomic E-state index is -0.192. The summed E-state index contributed by atoms with van der Waals surface area (Å²) in [6.07, 6.45) is 9.10. The van der Waals surface area contributed by atoms with Gasteiger partial charge in [-0.2, -0.15) is 0 Å². The first-order valence-corrected chi connectivity index (χ1v) is 11.1. The van der Waals surface area contributed by atoms with Gasteiger partial charge in [0.1, 0.15) is 11.6 Å². The number of ether oxygens (including phenoxy) is 2. The highest BCUT2D eigenvalue weighted by Gasteiger charge is 2.07. The van der Waals surface area contributed by atoms with Crippen molar-refractivity contribution in [3.05, 3.63) is 60.3 Å². The van der Waals surface area contributed by atoms with Crippen LogP contribution in [0.5, 0.6) is 5.75 Å². The molecule has 1 aromatic heterocycles. The molecular formula is C26H32N2O3. The van der Waals surface area contributed by atoms with E-state index in [0.29, 0.717) is 12.8 Å². The van der Waals surface area contributed by atoms with E-state index >= 15 is 0 Å². The number of benzene rings is 2. The number of aromatic amines is 1. The van der Waals surface area contributed by atoms with Crippen LogP contribution in [0.4, 0.5) is 0 Å². The Balaban J connectivity index is 1.53. The number of H-pyrrole nitrogens is 1. The van der Waals surface area contributed by atoms with Gasteiger partial charge in [0.2, 0.25) is 0 Å². The van der Waals surface area contributed by atoms with E-state index in [9.17, 15) is 4.79 Å². The number of hydrogen-bond acceptors (Lipinski definition) is 4. The maximum Gasteiger partial charge on any atom is 0.305 e. The van der Waals surface area contributed by atoms with Crippen molar-refractivity contribution in [2.45, 2.75) is 51.9 Å². The maximum absolute atomic E-state index is 11.3. The summed E-state index contributed by atoms with van der Waals surface area (Å²) in [5, 5.41) is 0. The predicted molar refractivity (Wildman–Crippen MR) is 124 cm³/mol. The van der Waals surface area contributed by atoms with E-state index in [-0.39, 0.29) is 5.97 Å². The molecular weight excluding hydrogens is 388 g/mol. The second-order valence-electron chi connectivity index (χ2n) is 7.71. The Morgan fingerprint density at radius 2 is 1.65 bits per heavy atom. The first-order valence-electron chi connectivity index (χ1n) is 11.1. The minimum Gasteiger partial charge on any atom is -0.494 e. The van der Waals surface area contributed by atoms with Gasteiger partial charge >= 0.3 is 5.97 Å². The van der Waals surface area contributed by atoms with Crippen LogP contribution in [0.15, 0.2) is 54.7 Å². The molecule has 0 aliphatic rings. The van der Waals surface area contributed by atoms with E-state index in [0.717, 1.165) is 47.0 Å². The molecule has 0 saturated carbocycles. The molecule has 0 atom stereocenters. The van der Waals surface area contributed by atoms with Crippen LogP contribution < -0.4 is 4.74 Å². The first-order chi connectivity index (χ1) is 15.2. The molecule has 0 saturated heterocycles. The molecule has 0 spiro atoms. The number of imidazole rings is 1. The number of methoxy groups -OCH3 is 1. The van der Waals surface area contributed by atoms with Crippen LogP contribution in [0, 0.1) is 0 Å². The molecule has 5 nitrogen and oxygen atoms in total. The molecule has 2 aromatic carbocycles. The SMILES string of the molecule is CCCCCCCOc1ccc(-c2cnc(-c3ccc(CCC(=O)OC)cc3)[nH]2)cc1. The number of rotatable bonds is 12. The molecule has 164 valence electrons. The summed E-state index contributed by atoms with van der Waals surface area (Å²) in [6.45, 7) is 3.00. The average molecular weight is 421 g/mol. The van der Waals surface area contributed by atoms with Gasteiger partial charge in [-0.25, -0.2) is 4.98 Å². The van der Waals surface area contributed by atoms with Gasteiger partial charge in [0.15, 0.2) is 0 Å². The number of aromatic nitrogens is 2. The van der Waals surface area contributed by atoms with Gasteiger partial charge in [0.05, 0.1) is 25.6 Å². The van der Waals surface area contributed by atoms with Gasteiger partial charge in [0, 0.05) is 12.0 Å². The van der Waals surface area contributed by atoms with Crippen LogP contribution in [0.25, 0.3) is 22.6 Å². The zero-order valence-electron chi connectivity index (χ0n) is 18.5. The van der Waals surface area contributed by atoms with E-state index in [1.54, 1.807) is 0 Å². The normalized spacial score (nSPS) is 10.8. The van der Waals surface area contributed by atoms with Crippen molar-refractivity contribution >= 4 is 5.97 Å². The topological polar surface area (TPSA) is 64.2 Å². The number of unbranched alkanes of at least 4 members (excludes halogenated alkanes) is 4. The van der Waals surface area contributed by atoms with Crippen molar-refractivity contribution in [3.63, 3.8) is 0 Å². The Labute approximate surface area is 184 Å². The van der Waals surface area contributed by atoms with E-state index < -0.39 is 0 Å². The lowest BCUT2D eigenvalue weighted by atomic mass is 10.1. The van der Waals surface area contributed by atoms with Gasteiger partial charge in [-0.15, -0.1) is 0 Å². The highest BCUT2D eigenvalue weighted by atomic mass is 16.5. The molecule has 0 radical (unpaired) electrons. The third-order valence-corrected chi connectivity index (χ3v) is 5.33. The molecule has 3 aromatic rings. The molecule has 31 heavy (non-hydrogen) atoms. The van der Waals surface area contributed by atoms with Crippen molar-refractivity contribution in [3.8, 4) is 28.4 Å². The fourth-order valence-electron chi connectivity index (χ4n) is 3.42. The number of esters is 1. The Bertz CT molecular complexity index is 930. The second-order valence-corrected chi connectivity index (χ2v) is 7.71. The molecule has 5 heteroatoms. The van der Waals surface area contributed by atoms with Crippen molar-refractivity contribution in [1.29, 1.82) is 0 Å². The van der Waals surface area contributed by atoms with Crippen molar-refractivity contribution in [2.75, 3.05) is 13.7 Å². The van der Waals surface area contributed by atoms with E-state index in [1.807, 2.05) is 42.6 Å². The van der Waals surface area contributed by atoms with E-state index in [4.69, 9.17) is 9.47 Å². The summed E-state index contributed by atoms with van der Waals surface area (Å²) >= 11 is 0. The van der Waals surface area contributed by atoms with Crippen LogP contribution >= 0.6 is 0 Å². The molecule has 0 aliphatic heterocycles. The summed E-state index contributed by atoms with van der Waals surface area (Å²) < 4.78 is 10.5. The highest BCUT2D eigenvalue weighted by Crippen LogP contribution is 2.24. The zero-order valence-corrected chi connectivity index (χ0v) is 18.5. The Morgan fingerprint density at radius 1 is 0.935 bits per heavy atom. The standard InChI is InChI=1S/C26H32N2O3/c1-3-4-5-6-7-18-31-23-15-13-21(14-16-23)24-19-27-26(28-24)22-11-8-20(9-12-22)10-17-25(29)30-2/h8-9,11-16,19H,3-7,10,17-18H2,1-2H3,(H,27,28). The van der Waals surface area contributed by atoms with E-state index in [2.05, 4.69) is 29.0 Å². The monoisotopic (exact) mass is 420 g/mol. The molecule has 1 N–H and O–H groups in total. The molecule has 0 aliphatic carbocycles. The van der Waals surface area contributed by atoms with Gasteiger partial charge in [-0.05, 0) is 48.2 Å². The van der Waals surface area contributed by atoms with Crippen LogP contribution in [0.1, 0.15) is 51.0 Å². The summed E-state index contributed by atoms with van der Waals surface area (Å²) in [5.41, 5.74) is 4.15. The van der Waals surface area contributed by atoms with Gasteiger partial charge in [-0.3, -0.25) is 4.79 Å². The second kappa shape index (κ2) is 11.9. The van der Waals surface area contributed by atoms with Gasteiger partial charge in [0.25, 0.3) is 0 Å². The number of nitrogens with one attached hydrogen (secondary N) is 1. The maximum atomic E-state index is 11.3. The number of nitrogens with zero attached hydrogens (tertiary/aromatic N) is 1. The lowest BCUT2D eigenvalue weighted by Gasteiger charge is -2.07. The highest BCUT2D eigenvalue weighted by molar-refractivity contribution is 5.69. The molecule has 3 rings (SSSR count). The van der Waals surface area contributed by atoms with E-state index in [1.165, 1.54) is 32.8 Å². The van der Waals surface area contributed by atoms with Crippen LogP contribution in [0.3, 0.4) is 0 Å². The lowest BCUT2D eigenvalue weighted by molar-refractivity contribution is -0.140. The summed E-state index contributed by atoms with van der Waals surface area (Å²) in [4.78, 5) is 19.2. The smallest absolute Gasteiger partial charge is 0.305 e. The summed E-state index contributed by atoms with van der Waals surface area (Å²) in [6, 6.07) is 16.2. The largest absolute Gasteiger partial charge is 0.494 e. The molecule has 0 bridgehead atoms. The summed E-state index contributed by atoms with van der Waals surface area (Å²) in [7, 11) is 1.41. The van der Waals surface area contributed by atoms with Crippen LogP contribution in [-0.4, -0.2) is 29.7 Å². The quantitative estimate of drug-likeness (QED) is 0.280.